The molecule has 0 aliphatic heterocycles. The molecule has 0 rings (SSSR count). The van der Waals surface area contributed by atoms with Crippen LogP contribution in [-0.2, 0) is 28.6 Å². The lowest BCUT2D eigenvalue weighted by Crippen LogP contribution is -2.30. The average Bonchev–Trinajstić information content (AvgIpc) is 3.49. The monoisotopic (exact) mass is 1160 g/mol. The van der Waals surface area contributed by atoms with Crippen LogP contribution in [0.1, 0.15) is 355 Å². The predicted octanol–water partition coefficient (Wildman–Crippen LogP) is 24.8. The molecule has 6 nitrogen and oxygen atoms in total. The third-order valence-corrected chi connectivity index (χ3v) is 15.6. The number of rotatable bonds is 65. The topological polar surface area (TPSA) is 78.9 Å². The number of carbonyl (C=O) groups is 3. The van der Waals surface area contributed by atoms with Gasteiger partial charge in [0, 0.05) is 12.8 Å². The third-order valence-electron chi connectivity index (χ3n) is 15.6. The lowest BCUT2D eigenvalue weighted by molar-refractivity contribution is -0.166. The first-order valence-corrected chi connectivity index (χ1v) is 35.7. The molecule has 6 heteroatoms. The molecule has 0 heterocycles. The molecule has 1 atom stereocenters. The number of esters is 3. The van der Waals surface area contributed by atoms with Gasteiger partial charge in [0.15, 0.2) is 6.10 Å². The highest BCUT2D eigenvalue weighted by Gasteiger charge is 2.19. The largest absolute Gasteiger partial charge is 0.462 e. The summed E-state index contributed by atoms with van der Waals surface area (Å²) in [5, 5.41) is 0. The molecule has 1 unspecified atom stereocenters. The second-order valence-electron chi connectivity index (χ2n) is 23.8. The SMILES string of the molecule is CC/C=C\C/C=C\C/C=C\C/C=C\C/C=C\CC(=O)OCC(COC(=O)CCCCCCCCCCCCCCCCCCC/C=C\CCCCCCCCCC)OC(=O)CCCCCCCCCCC/C=C\C/C=C\CCCCCCC. The Morgan fingerprint density at radius 1 is 0.265 bits per heavy atom. The van der Waals surface area contributed by atoms with E-state index >= 15 is 0 Å². The highest BCUT2D eigenvalue weighted by molar-refractivity contribution is 5.72. The molecule has 0 saturated carbocycles. The zero-order chi connectivity index (χ0) is 59.9. The van der Waals surface area contributed by atoms with Crippen molar-refractivity contribution in [2.75, 3.05) is 13.2 Å². The van der Waals surface area contributed by atoms with Gasteiger partial charge in [-0.15, -0.1) is 0 Å². The molecule has 0 aliphatic rings. The normalized spacial score (nSPS) is 12.7. The van der Waals surface area contributed by atoms with E-state index in [2.05, 4.69) is 106 Å². The summed E-state index contributed by atoms with van der Waals surface area (Å²) in [7, 11) is 0. The highest BCUT2D eigenvalue weighted by atomic mass is 16.6. The first-order valence-electron chi connectivity index (χ1n) is 35.7. The van der Waals surface area contributed by atoms with Crippen LogP contribution in [0.3, 0.4) is 0 Å². The van der Waals surface area contributed by atoms with E-state index in [1.165, 1.54) is 238 Å². The zero-order valence-electron chi connectivity index (χ0n) is 54.9. The van der Waals surface area contributed by atoms with Crippen LogP contribution in [0.15, 0.2) is 97.2 Å². The fourth-order valence-corrected chi connectivity index (χ4v) is 10.3. The number of hydrogen-bond donors (Lipinski definition) is 0. The van der Waals surface area contributed by atoms with E-state index in [1.807, 2.05) is 6.08 Å². The lowest BCUT2D eigenvalue weighted by Gasteiger charge is -2.18. The molecule has 0 saturated heterocycles. The molecular weight excluding hydrogens is 1020 g/mol. The van der Waals surface area contributed by atoms with Crippen LogP contribution in [0.5, 0.6) is 0 Å². The number of hydrogen-bond acceptors (Lipinski definition) is 6. The smallest absolute Gasteiger partial charge is 0.309 e. The van der Waals surface area contributed by atoms with Gasteiger partial charge in [-0.05, 0) is 103 Å². The fraction of sp³-hybridized carbons (Fsp3) is 0.753. The minimum atomic E-state index is -0.822. The second-order valence-corrected chi connectivity index (χ2v) is 23.8. The molecule has 0 aliphatic carbocycles. The van der Waals surface area contributed by atoms with Crippen LogP contribution in [0.25, 0.3) is 0 Å². The average molecular weight is 1160 g/mol. The van der Waals surface area contributed by atoms with Crippen molar-refractivity contribution < 1.29 is 28.6 Å². The summed E-state index contributed by atoms with van der Waals surface area (Å²) in [6.45, 7) is 6.47. The van der Waals surface area contributed by atoms with Gasteiger partial charge in [-0.3, -0.25) is 14.4 Å². The van der Waals surface area contributed by atoms with Gasteiger partial charge in [0.25, 0.3) is 0 Å². The van der Waals surface area contributed by atoms with Crippen LogP contribution < -0.4 is 0 Å². The van der Waals surface area contributed by atoms with Crippen molar-refractivity contribution >= 4 is 17.9 Å². The van der Waals surface area contributed by atoms with Crippen LogP contribution in [-0.4, -0.2) is 37.2 Å². The first-order chi connectivity index (χ1) is 41.0. The van der Waals surface area contributed by atoms with Gasteiger partial charge < -0.3 is 14.2 Å². The Hall–Kier alpha value is -3.67. The summed E-state index contributed by atoms with van der Waals surface area (Å²) in [6.07, 6.45) is 96.2. The highest BCUT2D eigenvalue weighted by Crippen LogP contribution is 2.17. The molecule has 0 radical (unpaired) electrons. The molecule has 0 aromatic heterocycles. The predicted molar refractivity (Wildman–Crippen MR) is 362 cm³/mol. The van der Waals surface area contributed by atoms with Crippen LogP contribution in [0.2, 0.25) is 0 Å². The molecule has 0 spiro atoms. The molecule has 478 valence electrons. The standard InChI is InChI=1S/C77H134O6/c1-4-7-10-13-16-19-22-25-28-30-32-34-35-36-37-38-39-40-41-43-44-46-49-52-55-58-61-64-67-70-76(79)82-73-74(72-81-75(78)69-66-63-60-57-54-51-48-27-24-21-18-15-12-9-6-3)83-77(80)71-68-65-62-59-56-53-50-47-45-42-33-31-29-26-23-20-17-14-11-8-5-2/h9,12,18,21,23,26-27,30-33,48,54,57,63,66,74H,4-8,10-11,13-17,19-20,22,24-25,28-29,34-47,49-53,55-56,58-62,64-65,67-73H2,1-3H3/b12-9-,21-18-,26-23-,32-30-,33-31-,48-27-,57-54-,66-63-. The Balaban J connectivity index is 4.31. The van der Waals surface area contributed by atoms with Gasteiger partial charge in [0.05, 0.1) is 6.42 Å². The first kappa shape index (κ1) is 79.3. The summed E-state index contributed by atoms with van der Waals surface area (Å²) in [6, 6.07) is 0. The van der Waals surface area contributed by atoms with Crippen LogP contribution in [0.4, 0.5) is 0 Å². The maximum Gasteiger partial charge on any atom is 0.309 e. The van der Waals surface area contributed by atoms with Gasteiger partial charge in [-0.25, -0.2) is 0 Å². The maximum absolute atomic E-state index is 12.9. The molecule has 0 fully saturated rings. The van der Waals surface area contributed by atoms with Crippen molar-refractivity contribution in [3.8, 4) is 0 Å². The van der Waals surface area contributed by atoms with Crippen molar-refractivity contribution in [1.82, 2.24) is 0 Å². The van der Waals surface area contributed by atoms with Gasteiger partial charge in [-0.2, -0.15) is 0 Å². The lowest BCUT2D eigenvalue weighted by atomic mass is 10.0. The summed E-state index contributed by atoms with van der Waals surface area (Å²) < 4.78 is 16.9. The number of unbranched alkanes of at least 4 members (excludes halogenated alkanes) is 39. The minimum Gasteiger partial charge on any atom is -0.462 e. The van der Waals surface area contributed by atoms with Crippen LogP contribution >= 0.6 is 0 Å². The van der Waals surface area contributed by atoms with Crippen molar-refractivity contribution in [3.05, 3.63) is 97.2 Å². The van der Waals surface area contributed by atoms with E-state index in [9.17, 15) is 14.4 Å². The summed E-state index contributed by atoms with van der Waals surface area (Å²) >= 11 is 0. The van der Waals surface area contributed by atoms with Crippen LogP contribution in [0, 0.1) is 0 Å². The van der Waals surface area contributed by atoms with Gasteiger partial charge in [0.1, 0.15) is 13.2 Å². The quantitative estimate of drug-likeness (QED) is 0.0261. The Kier molecular flexibility index (Phi) is 67.7. The van der Waals surface area contributed by atoms with Gasteiger partial charge >= 0.3 is 17.9 Å². The minimum absolute atomic E-state index is 0.107. The Morgan fingerprint density at radius 3 is 0.855 bits per heavy atom. The number of ether oxygens (including phenoxy) is 3. The Morgan fingerprint density at radius 2 is 0.518 bits per heavy atom. The Bertz CT molecular complexity index is 1610. The molecule has 0 aromatic rings. The van der Waals surface area contributed by atoms with Crippen molar-refractivity contribution in [3.63, 3.8) is 0 Å². The van der Waals surface area contributed by atoms with E-state index in [-0.39, 0.29) is 31.6 Å². The Labute approximate surface area is 515 Å². The van der Waals surface area contributed by atoms with Gasteiger partial charge in [-0.1, -0.05) is 330 Å². The van der Waals surface area contributed by atoms with Crippen molar-refractivity contribution in [2.45, 2.75) is 361 Å². The number of carbonyl (C=O) groups excluding carboxylic acids is 3. The molecular formula is C77H134O6. The summed E-state index contributed by atoms with van der Waals surface area (Å²) in [5.41, 5.74) is 0. The van der Waals surface area contributed by atoms with E-state index < -0.39 is 12.1 Å². The van der Waals surface area contributed by atoms with E-state index in [4.69, 9.17) is 14.2 Å². The second kappa shape index (κ2) is 70.8. The molecule has 0 amide bonds. The summed E-state index contributed by atoms with van der Waals surface area (Å²) in [5.74, 6) is -1.03. The molecule has 83 heavy (non-hydrogen) atoms. The zero-order valence-corrected chi connectivity index (χ0v) is 54.9. The maximum atomic E-state index is 12.9. The molecule has 0 N–H and O–H groups in total. The third kappa shape index (κ3) is 69.0. The molecule has 0 aromatic carbocycles. The van der Waals surface area contributed by atoms with E-state index in [0.29, 0.717) is 12.8 Å². The van der Waals surface area contributed by atoms with E-state index in [1.54, 1.807) is 6.08 Å². The summed E-state index contributed by atoms with van der Waals surface area (Å²) in [4.78, 5) is 38.4. The molecule has 0 bridgehead atoms. The van der Waals surface area contributed by atoms with E-state index in [0.717, 1.165) is 77.0 Å². The van der Waals surface area contributed by atoms with Crippen molar-refractivity contribution in [2.24, 2.45) is 0 Å². The fourth-order valence-electron chi connectivity index (χ4n) is 10.3. The number of allylic oxidation sites excluding steroid dienone is 15. The van der Waals surface area contributed by atoms with Gasteiger partial charge in [0.2, 0.25) is 0 Å². The van der Waals surface area contributed by atoms with Crippen molar-refractivity contribution in [1.29, 1.82) is 0 Å².